The van der Waals surface area contributed by atoms with E-state index in [0.29, 0.717) is 5.25 Å². The van der Waals surface area contributed by atoms with Crippen LogP contribution in [0, 0.1) is 0 Å². The average Bonchev–Trinajstić information content (AvgIpc) is 2.19. The number of rotatable bonds is 1. The van der Waals surface area contributed by atoms with E-state index < -0.39 is 0 Å². The van der Waals surface area contributed by atoms with Crippen molar-refractivity contribution in [3.05, 3.63) is 54.1 Å². The number of hydrogen-bond donors (Lipinski definition) is 0. The number of allylic oxidation sites excluding steroid dienone is 2. The quantitative estimate of drug-likeness (QED) is 0.647. The molecule has 1 aromatic carbocycles. The summed E-state index contributed by atoms with van der Waals surface area (Å²) in [4.78, 5) is 1.37. The van der Waals surface area contributed by atoms with Crippen molar-refractivity contribution in [1.29, 1.82) is 0 Å². The van der Waals surface area contributed by atoms with Gasteiger partial charge in [0, 0.05) is 10.2 Å². The molecule has 1 unspecified atom stereocenters. The van der Waals surface area contributed by atoms with E-state index in [2.05, 4.69) is 55.5 Å². The van der Waals surface area contributed by atoms with Gasteiger partial charge in [-0.1, -0.05) is 42.5 Å². The van der Waals surface area contributed by atoms with Crippen molar-refractivity contribution < 1.29 is 0 Å². The molecule has 13 heavy (non-hydrogen) atoms. The lowest BCUT2D eigenvalue weighted by atomic mass is 10.2. The highest BCUT2D eigenvalue weighted by Gasteiger charge is 2.07. The van der Waals surface area contributed by atoms with Gasteiger partial charge in [0.1, 0.15) is 0 Å². The highest BCUT2D eigenvalue weighted by atomic mass is 32.2. The molecule has 0 aromatic heterocycles. The highest BCUT2D eigenvalue weighted by molar-refractivity contribution is 8.09. The first-order valence-corrected chi connectivity index (χ1v) is 5.35. The third-order valence-electron chi connectivity index (χ3n) is 2.00. The first-order chi connectivity index (χ1) is 6.36. The maximum absolute atomic E-state index is 2.22. The molecule has 0 amide bonds. The van der Waals surface area contributed by atoms with Crippen molar-refractivity contribution in [2.45, 2.75) is 12.2 Å². The maximum atomic E-state index is 2.22. The monoisotopic (exact) mass is 188 g/mol. The molecule has 0 spiro atoms. The van der Waals surface area contributed by atoms with Crippen molar-refractivity contribution in [3.63, 3.8) is 0 Å². The van der Waals surface area contributed by atoms with Gasteiger partial charge in [-0.15, -0.1) is 11.8 Å². The van der Waals surface area contributed by atoms with E-state index in [-0.39, 0.29) is 0 Å². The third kappa shape index (κ3) is 2.04. The molecule has 1 aliphatic rings. The lowest BCUT2D eigenvalue weighted by molar-refractivity contribution is 1.25. The van der Waals surface area contributed by atoms with Crippen molar-refractivity contribution in [1.82, 2.24) is 0 Å². The smallest absolute Gasteiger partial charge is 0.0249 e. The Labute approximate surface area is 83.4 Å². The summed E-state index contributed by atoms with van der Waals surface area (Å²) in [7, 11) is 0. The van der Waals surface area contributed by atoms with Gasteiger partial charge in [0.15, 0.2) is 0 Å². The average molecular weight is 188 g/mol. The molecule has 0 radical (unpaired) electrons. The van der Waals surface area contributed by atoms with Crippen molar-refractivity contribution >= 4 is 16.7 Å². The minimum Gasteiger partial charge on any atom is -0.118 e. The first-order valence-electron chi connectivity index (χ1n) is 4.47. The van der Waals surface area contributed by atoms with E-state index in [1.807, 2.05) is 11.8 Å². The van der Waals surface area contributed by atoms with Crippen LogP contribution in [0.4, 0.5) is 0 Å². The van der Waals surface area contributed by atoms with Crippen LogP contribution in [0.2, 0.25) is 0 Å². The fourth-order valence-corrected chi connectivity index (χ4v) is 2.34. The molecule has 0 N–H and O–H groups in total. The molecule has 1 atom stereocenters. The lowest BCUT2D eigenvalue weighted by Crippen LogP contribution is -1.94. The Balaban J connectivity index is 2.28. The fraction of sp³-hybridized carbons (Fsp3) is 0.167. The molecule has 0 nitrogen and oxygen atoms in total. The van der Waals surface area contributed by atoms with E-state index in [9.17, 15) is 0 Å². The van der Waals surface area contributed by atoms with Gasteiger partial charge >= 0.3 is 0 Å². The van der Waals surface area contributed by atoms with Gasteiger partial charge in [-0.3, -0.25) is 0 Å². The maximum Gasteiger partial charge on any atom is 0.0249 e. The molecule has 66 valence electrons. The van der Waals surface area contributed by atoms with Crippen molar-refractivity contribution in [2.75, 3.05) is 0 Å². The highest BCUT2D eigenvalue weighted by Crippen LogP contribution is 2.34. The van der Waals surface area contributed by atoms with Gasteiger partial charge in [0.2, 0.25) is 0 Å². The van der Waals surface area contributed by atoms with Crippen molar-refractivity contribution in [3.8, 4) is 0 Å². The Morgan fingerprint density at radius 1 is 1.15 bits per heavy atom. The predicted molar refractivity (Wildman–Crippen MR) is 60.6 cm³/mol. The van der Waals surface area contributed by atoms with Gasteiger partial charge in [-0.05, 0) is 18.6 Å². The van der Waals surface area contributed by atoms with Gasteiger partial charge in [0.05, 0.1) is 0 Å². The molecule has 0 fully saturated rings. The Morgan fingerprint density at radius 3 is 2.62 bits per heavy atom. The lowest BCUT2D eigenvalue weighted by Gasteiger charge is -2.13. The predicted octanol–water partition coefficient (Wildman–Crippen LogP) is 3.72. The minimum atomic E-state index is 0.597. The molecule has 0 saturated carbocycles. The van der Waals surface area contributed by atoms with E-state index in [1.54, 1.807) is 0 Å². The Bertz CT molecular complexity index is 335. The summed E-state index contributed by atoms with van der Waals surface area (Å²) in [5, 5.41) is 0.597. The van der Waals surface area contributed by atoms with Gasteiger partial charge < -0.3 is 0 Å². The molecule has 1 aromatic rings. The third-order valence-corrected chi connectivity index (χ3v) is 3.16. The SMILES string of the molecule is CC1C=CC=C(c2ccccc2)S1. The molecular weight excluding hydrogens is 176 g/mol. The van der Waals surface area contributed by atoms with Crippen LogP contribution in [0.1, 0.15) is 12.5 Å². The summed E-state index contributed by atoms with van der Waals surface area (Å²) in [6.45, 7) is 2.22. The van der Waals surface area contributed by atoms with Crippen LogP contribution in [-0.4, -0.2) is 5.25 Å². The van der Waals surface area contributed by atoms with Crippen LogP contribution in [0.25, 0.3) is 4.91 Å². The van der Waals surface area contributed by atoms with Crippen LogP contribution >= 0.6 is 11.8 Å². The topological polar surface area (TPSA) is 0 Å². The minimum absolute atomic E-state index is 0.597. The number of thioether (sulfide) groups is 1. The second-order valence-corrected chi connectivity index (χ2v) is 4.52. The standard InChI is InChI=1S/C12H12S/c1-10-6-5-9-12(13-10)11-7-3-2-4-8-11/h2-10H,1H3. The van der Waals surface area contributed by atoms with E-state index in [4.69, 9.17) is 0 Å². The number of benzene rings is 1. The molecule has 1 aliphatic heterocycles. The summed E-state index contributed by atoms with van der Waals surface area (Å²) < 4.78 is 0. The molecule has 0 saturated heterocycles. The molecule has 2 rings (SSSR count). The summed E-state index contributed by atoms with van der Waals surface area (Å²) in [5.74, 6) is 0. The van der Waals surface area contributed by atoms with Crippen LogP contribution in [0.5, 0.6) is 0 Å². The number of hydrogen-bond acceptors (Lipinski definition) is 1. The van der Waals surface area contributed by atoms with Gasteiger partial charge in [0.25, 0.3) is 0 Å². The van der Waals surface area contributed by atoms with E-state index >= 15 is 0 Å². The molecular formula is C12H12S. The normalized spacial score (nSPS) is 21.3. The Morgan fingerprint density at radius 2 is 1.92 bits per heavy atom. The summed E-state index contributed by atoms with van der Waals surface area (Å²) in [6.07, 6.45) is 6.54. The van der Waals surface area contributed by atoms with Crippen LogP contribution in [-0.2, 0) is 0 Å². The summed E-state index contributed by atoms with van der Waals surface area (Å²) in [5.41, 5.74) is 1.32. The zero-order valence-corrected chi connectivity index (χ0v) is 8.42. The Kier molecular flexibility index (Phi) is 2.55. The molecule has 1 heteroatoms. The molecule has 1 heterocycles. The Hall–Kier alpha value is -0.950. The largest absolute Gasteiger partial charge is 0.118 e. The van der Waals surface area contributed by atoms with Gasteiger partial charge in [-0.25, -0.2) is 0 Å². The van der Waals surface area contributed by atoms with E-state index in [0.717, 1.165) is 0 Å². The summed E-state index contributed by atoms with van der Waals surface area (Å²) in [6, 6.07) is 10.5. The zero-order chi connectivity index (χ0) is 9.10. The molecule has 0 aliphatic carbocycles. The first kappa shape index (κ1) is 8.64. The zero-order valence-electron chi connectivity index (χ0n) is 7.60. The van der Waals surface area contributed by atoms with Crippen LogP contribution < -0.4 is 0 Å². The van der Waals surface area contributed by atoms with Gasteiger partial charge in [-0.2, -0.15) is 0 Å². The second-order valence-electron chi connectivity index (χ2n) is 3.10. The van der Waals surface area contributed by atoms with Crippen LogP contribution in [0.15, 0.2) is 48.6 Å². The van der Waals surface area contributed by atoms with Crippen LogP contribution in [0.3, 0.4) is 0 Å². The summed E-state index contributed by atoms with van der Waals surface area (Å²) >= 11 is 1.91. The van der Waals surface area contributed by atoms with Crippen molar-refractivity contribution in [2.24, 2.45) is 0 Å². The molecule has 0 bridgehead atoms. The van der Waals surface area contributed by atoms with E-state index in [1.165, 1.54) is 10.5 Å². The fourth-order valence-electron chi connectivity index (χ4n) is 1.34. The second kappa shape index (κ2) is 3.84.